The van der Waals surface area contributed by atoms with Crippen molar-refractivity contribution in [2.24, 2.45) is 11.8 Å². The summed E-state index contributed by atoms with van der Waals surface area (Å²) in [6.45, 7) is 2.37. The zero-order valence-electron chi connectivity index (χ0n) is 11.7. The topological polar surface area (TPSA) is 0 Å². The molecular weight excluding hydrogens is 216 g/mol. The van der Waals surface area contributed by atoms with E-state index < -0.39 is 0 Å². The molecular formula is C18H26. The summed E-state index contributed by atoms with van der Waals surface area (Å²) < 4.78 is 0. The molecule has 1 aromatic rings. The van der Waals surface area contributed by atoms with E-state index in [1.807, 2.05) is 0 Å². The van der Waals surface area contributed by atoms with E-state index in [1.165, 1.54) is 51.4 Å². The van der Waals surface area contributed by atoms with E-state index in [2.05, 4.69) is 31.2 Å². The molecule has 0 spiro atoms. The molecule has 0 radical (unpaired) electrons. The Balaban J connectivity index is 1.87. The zero-order valence-corrected chi connectivity index (χ0v) is 11.7. The molecule has 0 N–H and O–H groups in total. The van der Waals surface area contributed by atoms with E-state index in [4.69, 9.17) is 0 Å². The Labute approximate surface area is 112 Å². The molecule has 0 saturated heterocycles. The van der Waals surface area contributed by atoms with Crippen molar-refractivity contribution >= 4 is 0 Å². The quantitative estimate of drug-likeness (QED) is 0.658. The van der Waals surface area contributed by atoms with Crippen molar-refractivity contribution in [1.29, 1.82) is 0 Å². The van der Waals surface area contributed by atoms with Crippen LogP contribution in [0.4, 0.5) is 0 Å². The third kappa shape index (κ3) is 2.35. The molecule has 18 heavy (non-hydrogen) atoms. The van der Waals surface area contributed by atoms with Crippen LogP contribution in [0, 0.1) is 11.8 Å². The third-order valence-corrected chi connectivity index (χ3v) is 5.35. The monoisotopic (exact) mass is 242 g/mol. The van der Waals surface area contributed by atoms with E-state index in [-0.39, 0.29) is 0 Å². The van der Waals surface area contributed by atoms with Crippen molar-refractivity contribution < 1.29 is 0 Å². The number of benzene rings is 1. The molecule has 1 aromatic carbocycles. The van der Waals surface area contributed by atoms with Crippen LogP contribution in [0.3, 0.4) is 0 Å². The highest BCUT2D eigenvalue weighted by Gasteiger charge is 2.31. The van der Waals surface area contributed by atoms with Crippen LogP contribution in [0.5, 0.6) is 0 Å². The molecule has 2 unspecified atom stereocenters. The van der Waals surface area contributed by atoms with Crippen LogP contribution in [0.1, 0.15) is 68.9 Å². The first-order valence-corrected chi connectivity index (χ1v) is 7.96. The fraction of sp³-hybridized carbons (Fsp3) is 0.667. The minimum Gasteiger partial charge on any atom is -0.0651 e. The predicted molar refractivity (Wildman–Crippen MR) is 77.9 cm³/mol. The Morgan fingerprint density at radius 2 is 1.83 bits per heavy atom. The van der Waals surface area contributed by atoms with E-state index in [9.17, 15) is 0 Å². The second kappa shape index (κ2) is 5.47. The van der Waals surface area contributed by atoms with Crippen LogP contribution in [-0.2, 0) is 6.42 Å². The van der Waals surface area contributed by atoms with Crippen molar-refractivity contribution in [2.45, 2.75) is 64.2 Å². The molecule has 0 nitrogen and oxygen atoms in total. The van der Waals surface area contributed by atoms with Gasteiger partial charge < -0.3 is 0 Å². The molecule has 1 saturated carbocycles. The summed E-state index contributed by atoms with van der Waals surface area (Å²) >= 11 is 0. The van der Waals surface area contributed by atoms with Gasteiger partial charge in [0.25, 0.3) is 0 Å². The normalized spacial score (nSPS) is 28.9. The highest BCUT2D eigenvalue weighted by atomic mass is 14.4. The lowest BCUT2D eigenvalue weighted by Crippen LogP contribution is -2.25. The minimum absolute atomic E-state index is 0.875. The van der Waals surface area contributed by atoms with Gasteiger partial charge in [-0.2, -0.15) is 0 Å². The maximum Gasteiger partial charge on any atom is -0.0128 e. The third-order valence-electron chi connectivity index (χ3n) is 5.35. The number of fused-ring (bicyclic) bond motifs is 1. The summed E-state index contributed by atoms with van der Waals surface area (Å²) in [6, 6.07) is 9.28. The standard InChI is InChI=1S/C18H26/c1-2-14-12-16-10-6-7-11-17(16)18(13-14)15-8-4-3-5-9-15/h6-7,10-11,14-15,18H,2-5,8-9,12-13H2,1H3. The van der Waals surface area contributed by atoms with Crippen molar-refractivity contribution in [2.75, 3.05) is 0 Å². The summed E-state index contributed by atoms with van der Waals surface area (Å²) in [5, 5.41) is 0. The van der Waals surface area contributed by atoms with E-state index in [0.29, 0.717) is 0 Å². The molecule has 2 atom stereocenters. The number of hydrogen-bond acceptors (Lipinski definition) is 0. The molecule has 0 bridgehead atoms. The summed E-state index contributed by atoms with van der Waals surface area (Å²) in [4.78, 5) is 0. The largest absolute Gasteiger partial charge is 0.0651 e. The molecule has 0 aliphatic heterocycles. The van der Waals surface area contributed by atoms with Crippen molar-refractivity contribution in [3.05, 3.63) is 35.4 Å². The van der Waals surface area contributed by atoms with Gasteiger partial charge in [0.2, 0.25) is 0 Å². The molecule has 0 heterocycles. The smallest absolute Gasteiger partial charge is 0.0128 e. The van der Waals surface area contributed by atoms with Gasteiger partial charge in [-0.05, 0) is 54.6 Å². The predicted octanol–water partition coefficient (Wildman–Crippen LogP) is 5.32. The first kappa shape index (κ1) is 12.3. The highest BCUT2D eigenvalue weighted by molar-refractivity contribution is 5.33. The molecule has 2 aliphatic carbocycles. The van der Waals surface area contributed by atoms with Gasteiger partial charge in [-0.1, -0.05) is 56.9 Å². The Morgan fingerprint density at radius 1 is 1.06 bits per heavy atom. The lowest BCUT2D eigenvalue weighted by Gasteiger charge is -2.38. The molecule has 2 aliphatic rings. The van der Waals surface area contributed by atoms with Crippen LogP contribution < -0.4 is 0 Å². The van der Waals surface area contributed by atoms with E-state index in [0.717, 1.165) is 17.8 Å². The molecule has 1 fully saturated rings. The fourth-order valence-electron chi connectivity index (χ4n) is 4.26. The number of hydrogen-bond donors (Lipinski definition) is 0. The Kier molecular flexibility index (Phi) is 3.72. The van der Waals surface area contributed by atoms with Crippen molar-refractivity contribution in [1.82, 2.24) is 0 Å². The molecule has 0 amide bonds. The van der Waals surface area contributed by atoms with Crippen LogP contribution in [0.25, 0.3) is 0 Å². The summed E-state index contributed by atoms with van der Waals surface area (Å²) in [7, 11) is 0. The molecule has 0 aromatic heterocycles. The summed E-state index contributed by atoms with van der Waals surface area (Å²) in [5.41, 5.74) is 3.36. The number of rotatable bonds is 2. The van der Waals surface area contributed by atoms with Gasteiger partial charge in [-0.3, -0.25) is 0 Å². The summed E-state index contributed by atoms with van der Waals surface area (Å²) in [6.07, 6.45) is 11.5. The first-order chi connectivity index (χ1) is 8.88. The maximum absolute atomic E-state index is 2.42. The maximum atomic E-state index is 2.42. The SMILES string of the molecule is CCC1Cc2ccccc2C(C2CCCCC2)C1. The molecule has 0 heteroatoms. The lowest BCUT2D eigenvalue weighted by atomic mass is 9.67. The van der Waals surface area contributed by atoms with Gasteiger partial charge in [-0.25, -0.2) is 0 Å². The van der Waals surface area contributed by atoms with E-state index >= 15 is 0 Å². The van der Waals surface area contributed by atoms with Gasteiger partial charge in [0.05, 0.1) is 0 Å². The Hall–Kier alpha value is -0.780. The first-order valence-electron chi connectivity index (χ1n) is 7.96. The second-order valence-electron chi connectivity index (χ2n) is 6.42. The minimum atomic E-state index is 0.875. The average molecular weight is 242 g/mol. The summed E-state index contributed by atoms with van der Waals surface area (Å²) in [5.74, 6) is 2.79. The van der Waals surface area contributed by atoms with Crippen LogP contribution >= 0.6 is 0 Å². The lowest BCUT2D eigenvalue weighted by molar-refractivity contribution is 0.251. The van der Waals surface area contributed by atoms with Crippen LogP contribution in [0.2, 0.25) is 0 Å². The molecule has 3 rings (SSSR count). The average Bonchev–Trinajstić information content (AvgIpc) is 2.47. The fourth-order valence-corrected chi connectivity index (χ4v) is 4.26. The molecule has 98 valence electrons. The van der Waals surface area contributed by atoms with Crippen molar-refractivity contribution in [3.63, 3.8) is 0 Å². The van der Waals surface area contributed by atoms with E-state index in [1.54, 1.807) is 11.1 Å². The van der Waals surface area contributed by atoms with Gasteiger partial charge in [0, 0.05) is 0 Å². The van der Waals surface area contributed by atoms with Gasteiger partial charge >= 0.3 is 0 Å². The second-order valence-corrected chi connectivity index (χ2v) is 6.42. The highest BCUT2D eigenvalue weighted by Crippen LogP contribution is 2.45. The van der Waals surface area contributed by atoms with Gasteiger partial charge in [0.1, 0.15) is 0 Å². The van der Waals surface area contributed by atoms with Gasteiger partial charge in [0.15, 0.2) is 0 Å². The van der Waals surface area contributed by atoms with Crippen LogP contribution in [0.15, 0.2) is 24.3 Å². The Bertz CT molecular complexity index is 387. The van der Waals surface area contributed by atoms with Crippen molar-refractivity contribution in [3.8, 4) is 0 Å². The zero-order chi connectivity index (χ0) is 12.4. The van der Waals surface area contributed by atoms with Gasteiger partial charge in [-0.15, -0.1) is 0 Å². The Morgan fingerprint density at radius 3 is 2.61 bits per heavy atom. The van der Waals surface area contributed by atoms with Crippen LogP contribution in [-0.4, -0.2) is 0 Å².